The van der Waals surface area contributed by atoms with Crippen molar-refractivity contribution in [3.05, 3.63) is 36.0 Å². The summed E-state index contributed by atoms with van der Waals surface area (Å²) in [7, 11) is 0. The molecule has 0 fully saturated rings. The van der Waals surface area contributed by atoms with Crippen molar-refractivity contribution < 1.29 is 19.7 Å². The molecule has 1 amide bonds. The van der Waals surface area contributed by atoms with Gasteiger partial charge in [0.05, 0.1) is 0 Å². The van der Waals surface area contributed by atoms with E-state index in [0.717, 1.165) is 10.9 Å². The third-order valence-corrected chi connectivity index (χ3v) is 3.14. The summed E-state index contributed by atoms with van der Waals surface area (Å²) >= 11 is 0. The van der Waals surface area contributed by atoms with Crippen LogP contribution in [0.1, 0.15) is 32.4 Å². The molecule has 6 heteroatoms. The monoisotopic (exact) mass is 306 g/mol. The Balaban J connectivity index is 1.94. The van der Waals surface area contributed by atoms with Crippen molar-refractivity contribution in [2.45, 2.75) is 38.6 Å². The second kappa shape index (κ2) is 6.37. The van der Waals surface area contributed by atoms with Gasteiger partial charge >= 0.3 is 6.09 Å². The van der Waals surface area contributed by atoms with Gasteiger partial charge in [0.15, 0.2) is 0 Å². The third-order valence-electron chi connectivity index (χ3n) is 3.14. The highest BCUT2D eigenvalue weighted by Gasteiger charge is 2.21. The lowest BCUT2D eigenvalue weighted by molar-refractivity contribution is 0.0130. The number of carbonyl (C=O) groups excluding carboxylic acids is 1. The number of rotatable bonds is 4. The summed E-state index contributed by atoms with van der Waals surface area (Å²) in [4.78, 5) is 14.6. The number of nitrogens with one attached hydrogen (secondary N) is 2. The molecule has 0 aliphatic carbocycles. The number of hydrogen-bond acceptors (Lipinski definition) is 4. The molecule has 1 heterocycles. The Labute approximate surface area is 129 Å². The summed E-state index contributed by atoms with van der Waals surface area (Å²) in [5, 5.41) is 23.6. The number of H-pyrrole nitrogens is 1. The SMILES string of the molecule is CC(C)(C)OC(=O)NCC(O)C(O)c1ccc2[nH]ccc2c1. The first-order valence-electron chi connectivity index (χ1n) is 7.16. The topological polar surface area (TPSA) is 94.6 Å². The number of aliphatic hydroxyl groups excluding tert-OH is 2. The zero-order chi connectivity index (χ0) is 16.3. The van der Waals surface area contributed by atoms with Crippen molar-refractivity contribution in [3.63, 3.8) is 0 Å². The van der Waals surface area contributed by atoms with Gasteiger partial charge in [-0.2, -0.15) is 0 Å². The standard InChI is InChI=1S/C16H22N2O4/c1-16(2,3)22-15(21)18-9-13(19)14(20)11-4-5-12-10(8-11)6-7-17-12/h4-8,13-14,17,19-20H,9H2,1-3H3,(H,18,21). The molecule has 0 aliphatic heterocycles. The molecule has 0 saturated carbocycles. The molecule has 2 aromatic rings. The van der Waals surface area contributed by atoms with Crippen LogP contribution in [0, 0.1) is 0 Å². The van der Waals surface area contributed by atoms with Gasteiger partial charge < -0.3 is 25.3 Å². The van der Waals surface area contributed by atoms with E-state index in [0.29, 0.717) is 5.56 Å². The molecule has 2 atom stereocenters. The lowest BCUT2D eigenvalue weighted by Crippen LogP contribution is -2.38. The van der Waals surface area contributed by atoms with Gasteiger partial charge in [-0.3, -0.25) is 0 Å². The molecule has 0 spiro atoms. The number of amides is 1. The molecular formula is C16H22N2O4. The normalized spacial score (nSPS) is 14.6. The van der Waals surface area contributed by atoms with Crippen molar-refractivity contribution in [2.24, 2.45) is 0 Å². The molecule has 2 rings (SSSR count). The highest BCUT2D eigenvalue weighted by atomic mass is 16.6. The van der Waals surface area contributed by atoms with Crippen LogP contribution in [0.2, 0.25) is 0 Å². The Hall–Kier alpha value is -2.05. The molecule has 2 unspecified atom stereocenters. The summed E-state index contributed by atoms with van der Waals surface area (Å²) in [6, 6.07) is 7.26. The highest BCUT2D eigenvalue weighted by Crippen LogP contribution is 2.21. The van der Waals surface area contributed by atoms with Crippen LogP contribution >= 0.6 is 0 Å². The molecule has 4 N–H and O–H groups in total. The lowest BCUT2D eigenvalue weighted by Gasteiger charge is -2.22. The van der Waals surface area contributed by atoms with Gasteiger partial charge in [-0.05, 0) is 49.9 Å². The number of hydrogen-bond donors (Lipinski definition) is 4. The number of aromatic amines is 1. The second-order valence-electron chi connectivity index (χ2n) is 6.22. The van der Waals surface area contributed by atoms with Crippen molar-refractivity contribution in [2.75, 3.05) is 6.54 Å². The average Bonchev–Trinajstić information content (AvgIpc) is 2.89. The molecule has 22 heavy (non-hydrogen) atoms. The first-order valence-corrected chi connectivity index (χ1v) is 7.16. The first kappa shape index (κ1) is 16.3. The Morgan fingerprint density at radius 2 is 2.05 bits per heavy atom. The van der Waals surface area contributed by atoms with Crippen LogP contribution < -0.4 is 5.32 Å². The number of fused-ring (bicyclic) bond motifs is 1. The predicted octanol–water partition coefficient (Wildman–Crippen LogP) is 2.09. The maximum absolute atomic E-state index is 11.5. The largest absolute Gasteiger partial charge is 0.444 e. The summed E-state index contributed by atoms with van der Waals surface area (Å²) in [5.74, 6) is 0. The number of carbonyl (C=O) groups is 1. The van der Waals surface area contributed by atoms with E-state index in [4.69, 9.17) is 4.74 Å². The summed E-state index contributed by atoms with van der Waals surface area (Å²) in [6.45, 7) is 5.17. The zero-order valence-electron chi connectivity index (χ0n) is 13.0. The maximum Gasteiger partial charge on any atom is 0.407 e. The van der Waals surface area contributed by atoms with Crippen molar-refractivity contribution in [1.29, 1.82) is 0 Å². The molecule has 6 nitrogen and oxygen atoms in total. The summed E-state index contributed by atoms with van der Waals surface area (Å²) in [5.41, 5.74) is 0.940. The third kappa shape index (κ3) is 4.22. The van der Waals surface area contributed by atoms with Gasteiger partial charge in [0.2, 0.25) is 0 Å². The molecular weight excluding hydrogens is 284 g/mol. The van der Waals surface area contributed by atoms with Crippen molar-refractivity contribution >= 4 is 17.0 Å². The van der Waals surface area contributed by atoms with Crippen LogP contribution in [0.3, 0.4) is 0 Å². The quantitative estimate of drug-likeness (QED) is 0.695. The van der Waals surface area contributed by atoms with Crippen LogP contribution in [-0.4, -0.2) is 39.5 Å². The minimum atomic E-state index is -1.12. The number of benzene rings is 1. The van der Waals surface area contributed by atoms with Gasteiger partial charge in [-0.15, -0.1) is 0 Å². The summed E-state index contributed by atoms with van der Waals surface area (Å²) < 4.78 is 5.07. The molecule has 120 valence electrons. The molecule has 0 saturated heterocycles. The van der Waals surface area contributed by atoms with Crippen LogP contribution in [0.5, 0.6) is 0 Å². The minimum absolute atomic E-state index is 0.0960. The fraction of sp³-hybridized carbons (Fsp3) is 0.438. The number of alkyl carbamates (subject to hydrolysis) is 1. The van der Waals surface area contributed by atoms with Gasteiger partial charge in [-0.1, -0.05) is 6.07 Å². The number of aromatic nitrogens is 1. The smallest absolute Gasteiger partial charge is 0.407 e. The van der Waals surface area contributed by atoms with Crippen LogP contribution in [-0.2, 0) is 4.74 Å². The lowest BCUT2D eigenvalue weighted by atomic mass is 10.0. The van der Waals surface area contributed by atoms with Crippen LogP contribution in [0.15, 0.2) is 30.5 Å². The van der Waals surface area contributed by atoms with Crippen LogP contribution in [0.25, 0.3) is 10.9 Å². The molecule has 0 aliphatic rings. The second-order valence-corrected chi connectivity index (χ2v) is 6.22. The number of aliphatic hydroxyl groups is 2. The maximum atomic E-state index is 11.5. The van der Waals surface area contributed by atoms with Crippen molar-refractivity contribution in [3.8, 4) is 0 Å². The molecule has 0 radical (unpaired) electrons. The fourth-order valence-electron chi connectivity index (χ4n) is 2.09. The van der Waals surface area contributed by atoms with E-state index in [1.54, 1.807) is 39.1 Å². The van der Waals surface area contributed by atoms with E-state index in [2.05, 4.69) is 10.3 Å². The Kier molecular flexibility index (Phi) is 4.73. The Bertz CT molecular complexity index is 645. The molecule has 1 aromatic heterocycles. The van der Waals surface area contributed by atoms with Crippen molar-refractivity contribution in [1.82, 2.24) is 10.3 Å². The van der Waals surface area contributed by atoms with E-state index < -0.39 is 23.9 Å². The van der Waals surface area contributed by atoms with E-state index in [1.165, 1.54) is 0 Å². The van der Waals surface area contributed by atoms with Gasteiger partial charge in [0.25, 0.3) is 0 Å². The van der Waals surface area contributed by atoms with E-state index in [-0.39, 0.29) is 6.54 Å². The summed E-state index contributed by atoms with van der Waals surface area (Å²) in [6.07, 6.45) is -1.03. The average molecular weight is 306 g/mol. The van der Waals surface area contributed by atoms with E-state index >= 15 is 0 Å². The Morgan fingerprint density at radius 1 is 1.32 bits per heavy atom. The first-order chi connectivity index (χ1) is 10.3. The van der Waals surface area contributed by atoms with E-state index in [1.807, 2.05) is 12.1 Å². The van der Waals surface area contributed by atoms with Gasteiger partial charge in [0, 0.05) is 18.3 Å². The highest BCUT2D eigenvalue weighted by molar-refractivity contribution is 5.80. The fourth-order valence-corrected chi connectivity index (χ4v) is 2.09. The Morgan fingerprint density at radius 3 is 2.73 bits per heavy atom. The molecule has 0 bridgehead atoms. The van der Waals surface area contributed by atoms with Gasteiger partial charge in [0.1, 0.15) is 17.8 Å². The minimum Gasteiger partial charge on any atom is -0.444 e. The molecule has 1 aromatic carbocycles. The van der Waals surface area contributed by atoms with E-state index in [9.17, 15) is 15.0 Å². The van der Waals surface area contributed by atoms with Gasteiger partial charge in [-0.25, -0.2) is 4.79 Å². The predicted molar refractivity (Wildman–Crippen MR) is 83.5 cm³/mol. The van der Waals surface area contributed by atoms with Crippen LogP contribution in [0.4, 0.5) is 4.79 Å². The number of ether oxygens (including phenoxy) is 1. The zero-order valence-corrected chi connectivity index (χ0v) is 13.0.